The number of aromatic nitrogens is 6. The van der Waals surface area contributed by atoms with Gasteiger partial charge in [0.05, 0.1) is 60.1 Å². The van der Waals surface area contributed by atoms with Crippen LogP contribution in [-0.2, 0) is 25.7 Å². The Morgan fingerprint density at radius 3 is 2.48 bits per heavy atom. The number of ether oxygens (including phenoxy) is 3. The monoisotopic (exact) mass is 1090 g/mol. The number of benzene rings is 4. The number of fused-ring (bicyclic) bond motifs is 4. The lowest BCUT2D eigenvalue weighted by Crippen LogP contribution is -2.51. The van der Waals surface area contributed by atoms with Crippen molar-refractivity contribution in [3.63, 3.8) is 0 Å². The number of rotatable bonds is 17. The van der Waals surface area contributed by atoms with Gasteiger partial charge in [0, 0.05) is 92.2 Å². The number of hydrogen-bond donors (Lipinski definition) is 6. The van der Waals surface area contributed by atoms with E-state index in [1.165, 1.54) is 15.6 Å². The van der Waals surface area contributed by atoms with Crippen molar-refractivity contribution in [2.24, 2.45) is 10.9 Å². The standard InChI is InChI=1S/C58H64ClFN12O7/c1-31(2)53(57(76)71-26-41(74)19-49(71)56(75)64-48(28-73)37-15-13-35(14-16-37)38-8-7-17-61-22-38)72-27-47(68-69-72)36-11-9-34(10-12-36)30-78-54-51(50-33(4)45(60)21-46-43(50)24-63-67-46)44(59)20-42-52(54)65-58(5,79-29-32(3)77-6)66-55(42)70-25-39-18-40(70)23-62-39/h7-17,20-22,24,27,31-32,39-41,48-49,53,62,65,73-74H,18-19,23,25-26,28-30H2,1-6H3,(H,63,67)(H,64,75)/t32-,39-,40-,41+,48-,49-,53-,58?/m0/s1. The lowest BCUT2D eigenvalue weighted by atomic mass is 9.92. The van der Waals surface area contributed by atoms with Crippen LogP contribution < -0.4 is 20.7 Å². The number of hydrogen-bond acceptors (Lipinski definition) is 15. The number of aromatic amines is 1. The van der Waals surface area contributed by atoms with Gasteiger partial charge in [-0.1, -0.05) is 85.3 Å². The Kier molecular flexibility index (Phi) is 15.0. The number of likely N-dealkylation sites (tertiary alicyclic amines) is 2. The molecule has 0 radical (unpaired) electrons. The third-order valence-electron chi connectivity index (χ3n) is 15.7. The number of piperazine rings is 1. The molecule has 0 saturated carbocycles. The molecule has 0 spiro atoms. The van der Waals surface area contributed by atoms with Crippen LogP contribution in [0.2, 0.25) is 5.02 Å². The van der Waals surface area contributed by atoms with Crippen LogP contribution >= 0.6 is 11.6 Å². The van der Waals surface area contributed by atoms with Crippen molar-refractivity contribution in [1.82, 2.24) is 50.6 Å². The van der Waals surface area contributed by atoms with E-state index >= 15 is 4.39 Å². The number of carbonyl (C=O) groups is 2. The molecule has 21 heteroatoms. The summed E-state index contributed by atoms with van der Waals surface area (Å²) in [6.45, 7) is 10.7. The van der Waals surface area contributed by atoms with Gasteiger partial charge >= 0.3 is 0 Å². The molecule has 7 heterocycles. The van der Waals surface area contributed by atoms with Crippen molar-refractivity contribution < 1.29 is 38.4 Å². The van der Waals surface area contributed by atoms with E-state index < -0.39 is 47.7 Å². The molecule has 4 aliphatic rings. The van der Waals surface area contributed by atoms with Crippen molar-refractivity contribution in [2.45, 2.75) is 102 Å². The van der Waals surface area contributed by atoms with E-state index in [1.54, 1.807) is 38.8 Å². The zero-order valence-corrected chi connectivity index (χ0v) is 45.5. The second kappa shape index (κ2) is 22.1. The van der Waals surface area contributed by atoms with Gasteiger partial charge in [-0.3, -0.25) is 19.7 Å². The minimum atomic E-state index is -1.26. The normalized spacial score (nSPS) is 21.7. The third kappa shape index (κ3) is 10.6. The van der Waals surface area contributed by atoms with Crippen molar-refractivity contribution >= 4 is 45.8 Å². The molecule has 3 saturated heterocycles. The first-order chi connectivity index (χ1) is 38.1. The predicted octanol–water partition coefficient (Wildman–Crippen LogP) is 7.18. The fourth-order valence-corrected chi connectivity index (χ4v) is 11.7. The van der Waals surface area contributed by atoms with Gasteiger partial charge < -0.3 is 50.2 Å². The molecule has 412 valence electrons. The Hall–Kier alpha value is -7.33. The molecule has 1 unspecified atom stereocenters. The topological polar surface area (TPSA) is 229 Å². The number of halogens is 2. The van der Waals surface area contributed by atoms with Gasteiger partial charge in [0.1, 0.15) is 36.0 Å². The average Bonchev–Trinajstić information content (AvgIpc) is 4.52. The largest absolute Gasteiger partial charge is 0.486 e. The first kappa shape index (κ1) is 53.7. The highest BCUT2D eigenvalue weighted by Crippen LogP contribution is 2.51. The van der Waals surface area contributed by atoms with E-state index in [9.17, 15) is 19.8 Å². The van der Waals surface area contributed by atoms with Crippen molar-refractivity contribution in [2.75, 3.05) is 45.3 Å². The number of amides is 2. The Bertz CT molecular complexity index is 3410. The van der Waals surface area contributed by atoms with Crippen molar-refractivity contribution in [3.05, 3.63) is 131 Å². The van der Waals surface area contributed by atoms with E-state index in [4.69, 9.17) is 30.8 Å². The molecule has 2 amide bonds. The Morgan fingerprint density at radius 2 is 1.78 bits per heavy atom. The van der Waals surface area contributed by atoms with Crippen molar-refractivity contribution in [1.29, 1.82) is 0 Å². The van der Waals surface area contributed by atoms with Gasteiger partial charge in [0.15, 0.2) is 5.75 Å². The Morgan fingerprint density at radius 1 is 1.00 bits per heavy atom. The van der Waals surface area contributed by atoms with E-state index in [0.29, 0.717) is 67.2 Å². The number of anilines is 1. The van der Waals surface area contributed by atoms with Gasteiger partial charge in [0.25, 0.3) is 0 Å². The highest BCUT2D eigenvalue weighted by Gasteiger charge is 2.46. The molecule has 7 aromatic rings. The summed E-state index contributed by atoms with van der Waals surface area (Å²) in [7, 11) is 1.63. The number of β-amino-alcohol motifs (C(OH)–C–C–N with tert-alkyl or cyclic N) is 1. The number of nitrogens with one attached hydrogen (secondary N) is 4. The maximum Gasteiger partial charge on any atom is 0.248 e. The second-order valence-corrected chi connectivity index (χ2v) is 21.9. The smallest absolute Gasteiger partial charge is 0.248 e. The summed E-state index contributed by atoms with van der Waals surface area (Å²) in [6.07, 6.45) is 6.67. The molecule has 0 aliphatic carbocycles. The summed E-state index contributed by atoms with van der Waals surface area (Å²) >= 11 is 7.43. The second-order valence-electron chi connectivity index (χ2n) is 21.5. The van der Waals surface area contributed by atoms with E-state index in [2.05, 4.69) is 46.3 Å². The number of aliphatic imine (C=N–C) groups is 1. The highest BCUT2D eigenvalue weighted by molar-refractivity contribution is 6.35. The zero-order valence-electron chi connectivity index (χ0n) is 44.8. The zero-order chi connectivity index (χ0) is 55.3. The van der Waals surface area contributed by atoms with Crippen LogP contribution in [0.25, 0.3) is 44.4 Å². The van der Waals surface area contributed by atoms with E-state index in [0.717, 1.165) is 47.3 Å². The Labute approximate surface area is 461 Å². The molecule has 2 bridgehead atoms. The van der Waals surface area contributed by atoms with Crippen LogP contribution in [0.4, 0.5) is 10.1 Å². The molecule has 8 atom stereocenters. The van der Waals surface area contributed by atoms with Crippen molar-refractivity contribution in [3.8, 4) is 39.3 Å². The molecule has 19 nitrogen and oxygen atoms in total. The molecular formula is C58H64ClFN12O7. The van der Waals surface area contributed by atoms with Gasteiger partial charge in [-0.15, -0.1) is 5.10 Å². The number of pyridine rings is 1. The lowest BCUT2D eigenvalue weighted by molar-refractivity contribution is -0.142. The van der Waals surface area contributed by atoms with Crippen LogP contribution in [0, 0.1) is 18.7 Å². The number of H-pyrrole nitrogens is 1. The molecule has 79 heavy (non-hydrogen) atoms. The van der Waals surface area contributed by atoms with E-state index in [-0.39, 0.29) is 50.8 Å². The predicted molar refractivity (Wildman–Crippen MR) is 297 cm³/mol. The first-order valence-electron chi connectivity index (χ1n) is 26.7. The molecule has 4 aromatic carbocycles. The van der Waals surface area contributed by atoms with Gasteiger partial charge in [-0.25, -0.2) is 14.1 Å². The van der Waals surface area contributed by atoms with Crippen LogP contribution in [0.15, 0.2) is 103 Å². The SMILES string of the molecule is CO[C@@H](C)COC1(C)N=C(N2C[C@@H]3C[C@H]2CN3)c2cc(Cl)c(-c3c(C)c(F)cc4[nH]ncc34)c(OCc3ccc(-c4cn([C@H](C(=O)N5C[C@H](O)C[C@H]5C(=O)N[C@@H](CO)c5ccc(-c6cccnc6)cc5)C(C)C)nn4)cc3)c2N1. The number of amidine groups is 1. The summed E-state index contributed by atoms with van der Waals surface area (Å²) in [5.41, 5.74) is 7.75. The van der Waals surface area contributed by atoms with Gasteiger partial charge in [-0.2, -0.15) is 5.10 Å². The summed E-state index contributed by atoms with van der Waals surface area (Å²) in [5, 5.41) is 48.5. The highest BCUT2D eigenvalue weighted by atomic mass is 35.5. The van der Waals surface area contributed by atoms with Crippen LogP contribution in [-0.4, -0.2) is 144 Å². The molecular weight excluding hydrogens is 1030 g/mol. The molecule has 6 N–H and O–H groups in total. The summed E-state index contributed by atoms with van der Waals surface area (Å²) in [5.74, 6) is -1.77. The fraction of sp³-hybridized carbons (Fsp3) is 0.397. The van der Waals surface area contributed by atoms with Crippen LogP contribution in [0.5, 0.6) is 5.75 Å². The minimum absolute atomic E-state index is 0.0319. The minimum Gasteiger partial charge on any atom is -0.486 e. The quantitative estimate of drug-likeness (QED) is 0.0531. The van der Waals surface area contributed by atoms with Gasteiger partial charge in [-0.05, 0) is 72.2 Å². The number of aliphatic hydroxyl groups is 2. The lowest BCUT2D eigenvalue weighted by Gasteiger charge is -2.40. The molecule has 3 aromatic heterocycles. The summed E-state index contributed by atoms with van der Waals surface area (Å²) < 4.78 is 36.5. The average molecular weight is 1100 g/mol. The molecule has 11 rings (SSSR count). The molecule has 3 fully saturated rings. The number of nitrogens with zero attached hydrogens (tertiary/aromatic N) is 8. The maximum atomic E-state index is 15.9. The number of methoxy groups -OCH3 is 1. The number of carbonyl (C=O) groups excluding carboxylic acids is 2. The first-order valence-corrected chi connectivity index (χ1v) is 27.1. The summed E-state index contributed by atoms with van der Waals surface area (Å²) in [6, 6.07) is 20.1. The van der Waals surface area contributed by atoms with Gasteiger partial charge in [0.2, 0.25) is 17.7 Å². The fourth-order valence-electron chi connectivity index (χ4n) is 11.4. The van der Waals surface area contributed by atoms with Crippen LogP contribution in [0.1, 0.15) is 74.9 Å². The number of aliphatic hydroxyl groups excluding tert-OH is 2. The molecule has 4 aliphatic heterocycles. The third-order valence-corrected chi connectivity index (χ3v) is 16.0. The Balaban J connectivity index is 0.851. The maximum absolute atomic E-state index is 15.9. The van der Waals surface area contributed by atoms with Crippen LogP contribution in [0.3, 0.4) is 0 Å². The van der Waals surface area contributed by atoms with E-state index in [1.807, 2.05) is 94.4 Å². The summed E-state index contributed by atoms with van der Waals surface area (Å²) in [4.78, 5) is 41.7.